The zero-order chi connectivity index (χ0) is 7.66. The summed E-state index contributed by atoms with van der Waals surface area (Å²) in [5.41, 5.74) is 8.01. The lowest BCUT2D eigenvalue weighted by Crippen LogP contribution is -2.20. The highest BCUT2D eigenvalue weighted by atomic mass is 16.7. The van der Waals surface area contributed by atoms with Crippen LogP contribution in [0.25, 0.3) is 0 Å². The number of nitrogens with two attached hydrogens (primary N) is 1. The molecule has 0 unspecified atom stereocenters. The quantitative estimate of drug-likeness (QED) is 0.377. The van der Waals surface area contributed by atoms with E-state index in [2.05, 4.69) is 5.48 Å². The van der Waals surface area contributed by atoms with E-state index in [-0.39, 0.29) is 0 Å². The van der Waals surface area contributed by atoms with Gasteiger partial charge in [0.15, 0.2) is 0 Å². The molecule has 0 amide bonds. The molecule has 0 bridgehead atoms. The van der Waals surface area contributed by atoms with Gasteiger partial charge in [0.25, 0.3) is 0 Å². The Morgan fingerprint density at radius 1 is 1.40 bits per heavy atom. The van der Waals surface area contributed by atoms with Gasteiger partial charge in [-0.25, -0.2) is 5.48 Å². The number of nitrogens with one attached hydrogen (secondary N) is 1. The molecule has 0 aliphatic carbocycles. The van der Waals surface area contributed by atoms with Crippen LogP contribution in [0, 0.1) is 0 Å². The fourth-order valence-corrected chi connectivity index (χ4v) is 0.444. The van der Waals surface area contributed by atoms with E-state index in [0.717, 1.165) is 13.0 Å². The first-order chi connectivity index (χ1) is 4.91. The maximum absolute atomic E-state index is 5.25. The van der Waals surface area contributed by atoms with Gasteiger partial charge in [-0.15, -0.1) is 0 Å². The molecule has 3 N–H and O–H groups in total. The van der Waals surface area contributed by atoms with Crippen molar-refractivity contribution in [1.29, 1.82) is 0 Å². The predicted molar refractivity (Wildman–Crippen MR) is 39.5 cm³/mol. The molecule has 4 nitrogen and oxygen atoms in total. The van der Waals surface area contributed by atoms with E-state index in [1.807, 2.05) is 0 Å². The van der Waals surface area contributed by atoms with Crippen LogP contribution in [0.4, 0.5) is 0 Å². The monoisotopic (exact) mass is 148 g/mol. The standard InChI is InChI=1S/C6H16N2O2/c1-9-5-6-10-8-4-2-3-7/h8H,2-7H2,1H3. The van der Waals surface area contributed by atoms with Crippen LogP contribution in [0.3, 0.4) is 0 Å². The predicted octanol–water partition coefficient (Wildman–Crippen LogP) is -0.497. The number of ether oxygens (including phenoxy) is 1. The zero-order valence-corrected chi connectivity index (χ0v) is 6.43. The smallest absolute Gasteiger partial charge is 0.0915 e. The average Bonchev–Trinajstić information content (AvgIpc) is 1.97. The molecule has 0 saturated carbocycles. The van der Waals surface area contributed by atoms with Crippen molar-refractivity contribution in [3.05, 3.63) is 0 Å². The molecule has 0 radical (unpaired) electrons. The van der Waals surface area contributed by atoms with Crippen molar-refractivity contribution < 1.29 is 9.57 Å². The lowest BCUT2D eigenvalue weighted by molar-refractivity contribution is 0.00695. The summed E-state index contributed by atoms with van der Waals surface area (Å²) in [6, 6.07) is 0. The summed E-state index contributed by atoms with van der Waals surface area (Å²) >= 11 is 0. The zero-order valence-electron chi connectivity index (χ0n) is 6.43. The van der Waals surface area contributed by atoms with Gasteiger partial charge in [-0.1, -0.05) is 0 Å². The van der Waals surface area contributed by atoms with E-state index in [1.165, 1.54) is 0 Å². The molecule has 0 rings (SSSR count). The normalized spacial score (nSPS) is 10.2. The Labute approximate surface area is 61.6 Å². The molecule has 0 saturated heterocycles. The molecule has 0 fully saturated rings. The molecule has 62 valence electrons. The lowest BCUT2D eigenvalue weighted by Gasteiger charge is -2.02. The Balaban J connectivity index is 2.65. The summed E-state index contributed by atoms with van der Waals surface area (Å²) in [6.45, 7) is 2.71. The van der Waals surface area contributed by atoms with Crippen molar-refractivity contribution in [2.45, 2.75) is 6.42 Å². The molecule has 10 heavy (non-hydrogen) atoms. The maximum atomic E-state index is 5.25. The fraction of sp³-hybridized carbons (Fsp3) is 1.00. The lowest BCUT2D eigenvalue weighted by atomic mass is 10.4. The maximum Gasteiger partial charge on any atom is 0.0915 e. The molecular weight excluding hydrogens is 132 g/mol. The summed E-state index contributed by atoms with van der Waals surface area (Å²) < 4.78 is 4.76. The molecule has 0 aromatic rings. The van der Waals surface area contributed by atoms with E-state index >= 15 is 0 Å². The Hall–Kier alpha value is -0.160. The van der Waals surface area contributed by atoms with Crippen molar-refractivity contribution in [2.24, 2.45) is 5.73 Å². The van der Waals surface area contributed by atoms with E-state index in [1.54, 1.807) is 7.11 Å². The number of hydroxylamine groups is 1. The van der Waals surface area contributed by atoms with Gasteiger partial charge >= 0.3 is 0 Å². The third kappa shape index (κ3) is 7.84. The Bertz CT molecular complexity index is 53.7. The molecule has 0 aromatic heterocycles. The van der Waals surface area contributed by atoms with Gasteiger partial charge < -0.3 is 10.5 Å². The van der Waals surface area contributed by atoms with Crippen LogP contribution in [0.1, 0.15) is 6.42 Å². The largest absolute Gasteiger partial charge is 0.382 e. The van der Waals surface area contributed by atoms with Gasteiger partial charge in [0.05, 0.1) is 13.2 Å². The van der Waals surface area contributed by atoms with Crippen LogP contribution in [-0.4, -0.2) is 33.4 Å². The van der Waals surface area contributed by atoms with E-state index < -0.39 is 0 Å². The average molecular weight is 148 g/mol. The highest BCUT2D eigenvalue weighted by Crippen LogP contribution is 1.72. The minimum atomic E-state index is 0.584. The first-order valence-corrected chi connectivity index (χ1v) is 3.45. The molecule has 0 spiro atoms. The number of hydrogen-bond donors (Lipinski definition) is 2. The SMILES string of the molecule is COCCONCCCN. The molecule has 0 aliphatic heterocycles. The second-order valence-electron chi connectivity index (χ2n) is 1.88. The van der Waals surface area contributed by atoms with Crippen molar-refractivity contribution in [1.82, 2.24) is 5.48 Å². The third-order valence-electron chi connectivity index (χ3n) is 0.975. The van der Waals surface area contributed by atoms with Gasteiger partial charge in [0.1, 0.15) is 0 Å². The molecule has 0 atom stereocenters. The van der Waals surface area contributed by atoms with E-state index in [9.17, 15) is 0 Å². The first kappa shape index (κ1) is 9.84. The van der Waals surface area contributed by atoms with Crippen LogP contribution in [0.5, 0.6) is 0 Å². The summed E-state index contributed by atoms with van der Waals surface area (Å²) in [5, 5.41) is 0. The second kappa shape index (κ2) is 8.84. The van der Waals surface area contributed by atoms with Crippen molar-refractivity contribution in [3.63, 3.8) is 0 Å². The molecule has 0 aliphatic rings. The number of rotatable bonds is 7. The summed E-state index contributed by atoms with van der Waals surface area (Å²) in [7, 11) is 1.64. The van der Waals surface area contributed by atoms with E-state index in [0.29, 0.717) is 19.8 Å². The van der Waals surface area contributed by atoms with Crippen molar-refractivity contribution in [2.75, 3.05) is 33.4 Å². The topological polar surface area (TPSA) is 56.5 Å². The Morgan fingerprint density at radius 2 is 2.20 bits per heavy atom. The van der Waals surface area contributed by atoms with Crippen LogP contribution < -0.4 is 11.2 Å². The first-order valence-electron chi connectivity index (χ1n) is 3.45. The molecule has 0 heterocycles. The van der Waals surface area contributed by atoms with Crippen LogP contribution in [-0.2, 0) is 9.57 Å². The van der Waals surface area contributed by atoms with Crippen LogP contribution in [0.2, 0.25) is 0 Å². The molecular formula is C6H16N2O2. The molecule has 0 aromatic carbocycles. The number of methoxy groups -OCH3 is 1. The van der Waals surface area contributed by atoms with Gasteiger partial charge in [0, 0.05) is 13.7 Å². The highest BCUT2D eigenvalue weighted by Gasteiger charge is 1.85. The highest BCUT2D eigenvalue weighted by molar-refractivity contribution is 4.37. The second-order valence-corrected chi connectivity index (χ2v) is 1.88. The third-order valence-corrected chi connectivity index (χ3v) is 0.975. The number of hydrogen-bond acceptors (Lipinski definition) is 4. The minimum Gasteiger partial charge on any atom is -0.382 e. The summed E-state index contributed by atoms with van der Waals surface area (Å²) in [4.78, 5) is 4.95. The fourth-order valence-electron chi connectivity index (χ4n) is 0.444. The Kier molecular flexibility index (Phi) is 8.70. The molecule has 4 heteroatoms. The van der Waals surface area contributed by atoms with E-state index in [4.69, 9.17) is 15.3 Å². The van der Waals surface area contributed by atoms with Gasteiger partial charge in [-0.3, -0.25) is 4.84 Å². The van der Waals surface area contributed by atoms with Crippen molar-refractivity contribution >= 4 is 0 Å². The Morgan fingerprint density at radius 3 is 2.80 bits per heavy atom. The summed E-state index contributed by atoms with van der Waals surface area (Å²) in [6.07, 6.45) is 0.937. The minimum absolute atomic E-state index is 0.584. The summed E-state index contributed by atoms with van der Waals surface area (Å²) in [5.74, 6) is 0. The van der Waals surface area contributed by atoms with Gasteiger partial charge in [0.2, 0.25) is 0 Å². The van der Waals surface area contributed by atoms with Gasteiger partial charge in [-0.05, 0) is 13.0 Å². The van der Waals surface area contributed by atoms with Crippen molar-refractivity contribution in [3.8, 4) is 0 Å². The van der Waals surface area contributed by atoms with Gasteiger partial charge in [-0.2, -0.15) is 0 Å². The van der Waals surface area contributed by atoms with Crippen LogP contribution >= 0.6 is 0 Å². The van der Waals surface area contributed by atoms with Crippen LogP contribution in [0.15, 0.2) is 0 Å².